The van der Waals surface area contributed by atoms with E-state index in [-0.39, 0.29) is 30.1 Å². The van der Waals surface area contributed by atoms with Crippen LogP contribution in [-0.2, 0) is 21.2 Å². The smallest absolute Gasteiger partial charge is 0.261 e. The summed E-state index contributed by atoms with van der Waals surface area (Å²) in [6.07, 6.45) is 0.464. The van der Waals surface area contributed by atoms with Gasteiger partial charge in [0.25, 0.3) is 5.91 Å². The third-order valence-corrected chi connectivity index (χ3v) is 7.20. The first kappa shape index (κ1) is 20.9. The monoisotopic (exact) mass is 465 g/mol. The Bertz CT molecular complexity index is 954. The lowest BCUT2D eigenvalue weighted by atomic mass is 10.1. The van der Waals surface area contributed by atoms with Gasteiger partial charge in [-0.2, -0.15) is 0 Å². The van der Waals surface area contributed by atoms with Crippen molar-refractivity contribution in [3.8, 4) is 5.75 Å². The van der Waals surface area contributed by atoms with E-state index in [1.165, 1.54) is 0 Å². The lowest BCUT2D eigenvalue weighted by molar-refractivity contribution is -0.136. The number of carbonyl (C=O) groups excluding carboxylic acids is 1. The third kappa shape index (κ3) is 5.14. The number of sulfone groups is 1. The van der Waals surface area contributed by atoms with E-state index in [1.54, 1.807) is 4.90 Å². The van der Waals surface area contributed by atoms with Gasteiger partial charge in [0.1, 0.15) is 5.75 Å². The average molecular weight is 466 g/mol. The predicted octanol–water partition coefficient (Wildman–Crippen LogP) is 3.66. The van der Waals surface area contributed by atoms with Crippen LogP contribution in [0.25, 0.3) is 0 Å². The molecule has 0 bridgehead atoms. The molecule has 0 aliphatic carbocycles. The highest BCUT2D eigenvalue weighted by atomic mass is 79.9. The van der Waals surface area contributed by atoms with E-state index in [9.17, 15) is 13.2 Å². The summed E-state index contributed by atoms with van der Waals surface area (Å²) in [4.78, 5) is 14.7. The zero-order valence-electron chi connectivity index (χ0n) is 16.0. The van der Waals surface area contributed by atoms with Gasteiger partial charge in [0.2, 0.25) is 0 Å². The normalized spacial score (nSPS) is 18.0. The largest absolute Gasteiger partial charge is 0.483 e. The summed E-state index contributed by atoms with van der Waals surface area (Å²) in [5.41, 5.74) is 2.88. The molecule has 1 fully saturated rings. The van der Waals surface area contributed by atoms with Crippen LogP contribution in [0.4, 0.5) is 0 Å². The molecule has 0 radical (unpaired) electrons. The minimum atomic E-state index is -3.10. The van der Waals surface area contributed by atoms with Gasteiger partial charge in [0.05, 0.1) is 11.5 Å². The molecule has 7 heteroatoms. The van der Waals surface area contributed by atoms with Gasteiger partial charge in [0, 0.05) is 17.1 Å². The summed E-state index contributed by atoms with van der Waals surface area (Å²) in [6.45, 7) is 4.12. The second-order valence-corrected chi connectivity index (χ2v) is 10.4. The predicted molar refractivity (Wildman–Crippen MR) is 113 cm³/mol. The number of carbonyl (C=O) groups is 1. The summed E-state index contributed by atoms with van der Waals surface area (Å²) in [6, 6.07) is 13.2. The van der Waals surface area contributed by atoms with Crippen molar-refractivity contribution in [2.45, 2.75) is 32.9 Å². The van der Waals surface area contributed by atoms with Gasteiger partial charge in [-0.1, -0.05) is 46.3 Å². The first-order valence-corrected chi connectivity index (χ1v) is 11.8. The van der Waals surface area contributed by atoms with Crippen LogP contribution in [0.2, 0.25) is 0 Å². The molecule has 1 amide bonds. The molecular weight excluding hydrogens is 442 g/mol. The Labute approximate surface area is 174 Å². The van der Waals surface area contributed by atoms with Crippen molar-refractivity contribution < 1.29 is 17.9 Å². The number of nitrogens with zero attached hydrogens (tertiary/aromatic N) is 1. The Morgan fingerprint density at radius 2 is 1.86 bits per heavy atom. The minimum absolute atomic E-state index is 0.0101. The molecule has 2 aromatic carbocycles. The van der Waals surface area contributed by atoms with Crippen LogP contribution in [0.1, 0.15) is 23.1 Å². The van der Waals surface area contributed by atoms with Crippen LogP contribution in [-0.4, -0.2) is 43.4 Å². The Kier molecular flexibility index (Phi) is 6.45. The first-order valence-electron chi connectivity index (χ1n) is 9.18. The number of hydrogen-bond donors (Lipinski definition) is 0. The average Bonchev–Trinajstić information content (AvgIpc) is 2.98. The molecule has 3 rings (SSSR count). The highest BCUT2D eigenvalue weighted by molar-refractivity contribution is 9.10. The molecule has 0 unspecified atom stereocenters. The topological polar surface area (TPSA) is 63.7 Å². The summed E-state index contributed by atoms with van der Waals surface area (Å²) in [5, 5.41) is 0. The minimum Gasteiger partial charge on any atom is -0.483 e. The second-order valence-electron chi connectivity index (χ2n) is 7.22. The van der Waals surface area contributed by atoms with Crippen molar-refractivity contribution in [1.82, 2.24) is 4.90 Å². The zero-order valence-corrected chi connectivity index (χ0v) is 18.4. The molecule has 5 nitrogen and oxygen atoms in total. The molecule has 0 N–H and O–H groups in total. The van der Waals surface area contributed by atoms with Crippen LogP contribution in [0, 0.1) is 13.8 Å². The molecule has 0 aromatic heterocycles. The fraction of sp³-hybridized carbons (Fsp3) is 0.381. The maximum atomic E-state index is 13.0. The van der Waals surface area contributed by atoms with Crippen LogP contribution in [0.15, 0.2) is 46.9 Å². The zero-order chi connectivity index (χ0) is 20.3. The molecule has 1 aliphatic heterocycles. The molecule has 1 aliphatic rings. The number of para-hydroxylation sites is 1. The van der Waals surface area contributed by atoms with Crippen LogP contribution < -0.4 is 4.74 Å². The van der Waals surface area contributed by atoms with Crippen molar-refractivity contribution >= 4 is 31.7 Å². The molecule has 28 heavy (non-hydrogen) atoms. The third-order valence-electron chi connectivity index (χ3n) is 4.96. The quantitative estimate of drug-likeness (QED) is 0.652. The lowest BCUT2D eigenvalue weighted by Crippen LogP contribution is -2.43. The molecule has 1 heterocycles. The molecule has 150 valence electrons. The van der Waals surface area contributed by atoms with Gasteiger partial charge in [-0.3, -0.25) is 4.79 Å². The number of halogens is 1. The second kappa shape index (κ2) is 8.66. The van der Waals surface area contributed by atoms with Gasteiger partial charge in [-0.25, -0.2) is 8.42 Å². The van der Waals surface area contributed by atoms with Gasteiger partial charge in [0.15, 0.2) is 16.4 Å². The number of amides is 1. The number of aryl methyl sites for hydroxylation is 2. The van der Waals surface area contributed by atoms with Crippen LogP contribution in [0.3, 0.4) is 0 Å². The van der Waals surface area contributed by atoms with Crippen molar-refractivity contribution in [1.29, 1.82) is 0 Å². The van der Waals surface area contributed by atoms with Gasteiger partial charge in [-0.15, -0.1) is 0 Å². The molecule has 1 saturated heterocycles. The summed E-state index contributed by atoms with van der Waals surface area (Å²) >= 11 is 3.44. The molecule has 1 atom stereocenters. The van der Waals surface area contributed by atoms with Gasteiger partial charge < -0.3 is 9.64 Å². The fourth-order valence-electron chi connectivity index (χ4n) is 3.52. The molecule has 2 aromatic rings. The van der Waals surface area contributed by atoms with E-state index in [0.29, 0.717) is 18.7 Å². The van der Waals surface area contributed by atoms with E-state index in [4.69, 9.17) is 4.74 Å². The van der Waals surface area contributed by atoms with Crippen molar-refractivity contribution in [3.63, 3.8) is 0 Å². The van der Waals surface area contributed by atoms with Crippen LogP contribution >= 0.6 is 15.9 Å². The fourth-order valence-corrected chi connectivity index (χ4v) is 5.70. The summed E-state index contributed by atoms with van der Waals surface area (Å²) in [5.74, 6) is 0.635. The Morgan fingerprint density at radius 3 is 2.46 bits per heavy atom. The number of rotatable bonds is 6. The SMILES string of the molecule is Cc1cccc(C)c1OCC(=O)N(Cc1cccc(Br)c1)[C@H]1CCS(=O)(=O)C1. The van der Waals surface area contributed by atoms with Gasteiger partial charge >= 0.3 is 0 Å². The van der Waals surface area contributed by atoms with E-state index in [2.05, 4.69) is 15.9 Å². The molecule has 0 saturated carbocycles. The Hall–Kier alpha value is -1.86. The van der Waals surface area contributed by atoms with Gasteiger partial charge in [-0.05, 0) is 49.1 Å². The standard InChI is InChI=1S/C21H24BrNO4S/c1-15-5-3-6-16(2)21(15)27-13-20(24)23(19-9-10-28(25,26)14-19)12-17-7-4-8-18(22)11-17/h3-8,11,19H,9-10,12-14H2,1-2H3/t19-/m0/s1. The molecule has 0 spiro atoms. The number of hydrogen-bond acceptors (Lipinski definition) is 4. The van der Waals surface area contributed by atoms with E-state index in [1.807, 2.05) is 56.3 Å². The highest BCUT2D eigenvalue weighted by Crippen LogP contribution is 2.24. The Morgan fingerprint density at radius 1 is 1.18 bits per heavy atom. The van der Waals surface area contributed by atoms with Crippen molar-refractivity contribution in [2.75, 3.05) is 18.1 Å². The maximum Gasteiger partial charge on any atom is 0.261 e. The maximum absolute atomic E-state index is 13.0. The number of benzene rings is 2. The summed E-state index contributed by atoms with van der Waals surface area (Å²) < 4.78 is 30.7. The van der Waals surface area contributed by atoms with Crippen molar-refractivity contribution in [2.24, 2.45) is 0 Å². The highest BCUT2D eigenvalue weighted by Gasteiger charge is 2.34. The number of ether oxygens (including phenoxy) is 1. The van der Waals surface area contributed by atoms with E-state index < -0.39 is 9.84 Å². The Balaban J connectivity index is 1.78. The summed E-state index contributed by atoms with van der Waals surface area (Å²) in [7, 11) is -3.10. The van der Waals surface area contributed by atoms with Crippen molar-refractivity contribution in [3.05, 3.63) is 63.6 Å². The van der Waals surface area contributed by atoms with E-state index in [0.717, 1.165) is 21.2 Å². The molecular formula is C21H24BrNO4S. The lowest BCUT2D eigenvalue weighted by Gasteiger charge is -2.28. The van der Waals surface area contributed by atoms with Crippen LogP contribution in [0.5, 0.6) is 5.75 Å². The van der Waals surface area contributed by atoms with E-state index >= 15 is 0 Å². The first-order chi connectivity index (χ1) is 13.2.